The molecule has 2 amide bonds. The molecule has 0 aromatic carbocycles. The molecule has 4 heterocycles. The number of carbonyl (C=O) groups is 2. The van der Waals surface area contributed by atoms with Crippen molar-refractivity contribution < 1.29 is 9.59 Å². The summed E-state index contributed by atoms with van der Waals surface area (Å²) >= 11 is 0. The number of rotatable bonds is 2. The van der Waals surface area contributed by atoms with E-state index in [4.69, 9.17) is 5.73 Å². The van der Waals surface area contributed by atoms with Gasteiger partial charge in [0.1, 0.15) is 12.1 Å². The molecule has 2 fully saturated rings. The number of fused-ring (bicyclic) bond motifs is 1. The topological polar surface area (TPSA) is 113 Å². The highest BCUT2D eigenvalue weighted by Crippen LogP contribution is 2.22. The summed E-state index contributed by atoms with van der Waals surface area (Å²) in [6.07, 6.45) is 3.00. The number of nitrogens with zero attached hydrogens (tertiary/aromatic N) is 7. The van der Waals surface area contributed by atoms with Gasteiger partial charge in [-0.25, -0.2) is 4.98 Å². The summed E-state index contributed by atoms with van der Waals surface area (Å²) in [6, 6.07) is 1.94. The fraction of sp³-hybridized carbons (Fsp3) is 0.632. The molecule has 2 aromatic heterocycles. The van der Waals surface area contributed by atoms with Crippen LogP contribution in [0.15, 0.2) is 12.4 Å². The Kier molecular flexibility index (Phi) is 5.35. The van der Waals surface area contributed by atoms with Gasteiger partial charge in [-0.3, -0.25) is 9.59 Å². The van der Waals surface area contributed by atoms with E-state index >= 15 is 0 Å². The summed E-state index contributed by atoms with van der Waals surface area (Å²) in [5.41, 5.74) is 6.98. The second-order valence-corrected chi connectivity index (χ2v) is 8.00. The Hall–Kier alpha value is -2.75. The summed E-state index contributed by atoms with van der Waals surface area (Å²) in [7, 11) is 0. The van der Waals surface area contributed by atoms with E-state index < -0.39 is 0 Å². The second kappa shape index (κ2) is 7.94. The van der Waals surface area contributed by atoms with Crippen molar-refractivity contribution >= 4 is 23.4 Å². The van der Waals surface area contributed by atoms with Gasteiger partial charge >= 0.3 is 0 Å². The van der Waals surface area contributed by atoms with Gasteiger partial charge in [0.05, 0.1) is 5.92 Å². The van der Waals surface area contributed by atoms with Crippen LogP contribution in [0.4, 0.5) is 5.82 Å². The molecule has 4 rings (SSSR count). The lowest BCUT2D eigenvalue weighted by molar-refractivity contribution is -0.138. The predicted molar refractivity (Wildman–Crippen MR) is 107 cm³/mol. The number of hydrogen-bond acceptors (Lipinski definition) is 7. The van der Waals surface area contributed by atoms with E-state index in [0.717, 1.165) is 24.4 Å². The van der Waals surface area contributed by atoms with Crippen molar-refractivity contribution in [1.29, 1.82) is 0 Å². The summed E-state index contributed by atoms with van der Waals surface area (Å²) in [6.45, 7) is 7.18. The molecule has 0 aliphatic carbocycles. The average Bonchev–Trinajstić information content (AvgIpc) is 3.08. The molecule has 2 aliphatic rings. The molecule has 0 bridgehead atoms. The molecular formula is C19H28N8O2. The molecular weight excluding hydrogens is 372 g/mol. The van der Waals surface area contributed by atoms with Gasteiger partial charge in [-0.15, -0.1) is 0 Å². The zero-order valence-corrected chi connectivity index (χ0v) is 17.0. The van der Waals surface area contributed by atoms with Crippen LogP contribution in [0, 0.1) is 12.8 Å². The van der Waals surface area contributed by atoms with Crippen molar-refractivity contribution in [3.8, 4) is 0 Å². The highest BCUT2D eigenvalue weighted by atomic mass is 16.2. The molecule has 29 heavy (non-hydrogen) atoms. The van der Waals surface area contributed by atoms with Gasteiger partial charge in [-0.05, 0) is 19.8 Å². The minimum Gasteiger partial charge on any atom is -0.353 e. The molecule has 2 aliphatic heterocycles. The molecule has 0 unspecified atom stereocenters. The third-order valence-corrected chi connectivity index (χ3v) is 5.85. The number of piperazine rings is 1. The van der Waals surface area contributed by atoms with E-state index in [9.17, 15) is 9.59 Å². The fourth-order valence-electron chi connectivity index (χ4n) is 4.23. The van der Waals surface area contributed by atoms with Crippen LogP contribution in [0.25, 0.3) is 5.78 Å². The first kappa shape index (κ1) is 19.6. The quantitative estimate of drug-likeness (QED) is 0.734. The Labute approximate surface area is 169 Å². The maximum atomic E-state index is 13.1. The van der Waals surface area contributed by atoms with E-state index in [1.165, 1.54) is 6.33 Å². The van der Waals surface area contributed by atoms with Crippen molar-refractivity contribution in [2.45, 2.75) is 32.7 Å². The first-order valence-electron chi connectivity index (χ1n) is 10.1. The van der Waals surface area contributed by atoms with Crippen molar-refractivity contribution in [3.05, 3.63) is 18.1 Å². The standard InChI is InChI=1S/C19H28N8O2/c1-13-9-17(27-19(23-13)21-12-22-27)24-5-7-25(8-6-24)18(29)15-3-4-16(20)11-26(10-15)14(2)28/h9,12,15-16H,3-8,10-11,20H2,1-2H3/t15-,16+/m1/s1. The Balaban J connectivity index is 1.43. The minimum atomic E-state index is -0.177. The Morgan fingerprint density at radius 3 is 2.59 bits per heavy atom. The molecule has 2 saturated heterocycles. The van der Waals surface area contributed by atoms with Gasteiger partial charge in [0.2, 0.25) is 11.8 Å². The number of hydrogen-bond donors (Lipinski definition) is 1. The summed E-state index contributed by atoms with van der Waals surface area (Å²) in [5.74, 6) is 1.46. The van der Waals surface area contributed by atoms with Crippen LogP contribution >= 0.6 is 0 Å². The lowest BCUT2D eigenvalue weighted by Gasteiger charge is -2.37. The zero-order chi connectivity index (χ0) is 20.5. The number of aryl methyl sites for hydroxylation is 1. The molecule has 156 valence electrons. The minimum absolute atomic E-state index is 0.0186. The predicted octanol–water partition coefficient (Wildman–Crippen LogP) is -0.333. The van der Waals surface area contributed by atoms with Crippen molar-refractivity contribution in [2.75, 3.05) is 44.2 Å². The zero-order valence-electron chi connectivity index (χ0n) is 17.0. The molecule has 10 heteroatoms. The fourth-order valence-corrected chi connectivity index (χ4v) is 4.23. The average molecular weight is 400 g/mol. The molecule has 10 nitrogen and oxygen atoms in total. The Morgan fingerprint density at radius 1 is 1.10 bits per heavy atom. The Bertz CT molecular complexity index is 905. The van der Waals surface area contributed by atoms with Crippen molar-refractivity contribution in [2.24, 2.45) is 11.7 Å². The number of carbonyl (C=O) groups excluding carboxylic acids is 2. The van der Waals surface area contributed by atoms with Gasteiger partial charge < -0.3 is 20.4 Å². The Morgan fingerprint density at radius 2 is 1.86 bits per heavy atom. The van der Waals surface area contributed by atoms with Gasteiger partial charge in [-0.2, -0.15) is 14.6 Å². The maximum Gasteiger partial charge on any atom is 0.254 e. The molecule has 2 aromatic rings. The van der Waals surface area contributed by atoms with Crippen molar-refractivity contribution in [1.82, 2.24) is 29.4 Å². The van der Waals surface area contributed by atoms with E-state index in [1.54, 1.807) is 16.3 Å². The van der Waals surface area contributed by atoms with Crippen LogP contribution < -0.4 is 10.6 Å². The molecule has 0 radical (unpaired) electrons. The van der Waals surface area contributed by atoms with Crippen LogP contribution in [0.2, 0.25) is 0 Å². The van der Waals surface area contributed by atoms with Crippen LogP contribution in [0.1, 0.15) is 25.5 Å². The SMILES string of the molecule is CC(=O)N1C[C@@H](N)CC[C@@H](C(=O)N2CCN(c3cc(C)nc4ncnn34)CC2)C1. The molecule has 0 saturated carbocycles. The first-order chi connectivity index (χ1) is 13.9. The number of amides is 2. The summed E-state index contributed by atoms with van der Waals surface area (Å²) in [4.78, 5) is 39.4. The van der Waals surface area contributed by atoms with Crippen molar-refractivity contribution in [3.63, 3.8) is 0 Å². The normalized spacial score (nSPS) is 23.3. The highest BCUT2D eigenvalue weighted by Gasteiger charge is 2.32. The van der Waals surface area contributed by atoms with Gasteiger partial charge in [0, 0.05) is 64.0 Å². The lowest BCUT2D eigenvalue weighted by Crippen LogP contribution is -2.52. The number of likely N-dealkylation sites (tertiary alicyclic amines) is 1. The third-order valence-electron chi connectivity index (χ3n) is 5.85. The number of nitrogens with two attached hydrogens (primary N) is 1. The monoisotopic (exact) mass is 400 g/mol. The van der Waals surface area contributed by atoms with Gasteiger partial charge in [-0.1, -0.05) is 0 Å². The molecule has 2 N–H and O–H groups in total. The molecule has 0 spiro atoms. The lowest BCUT2D eigenvalue weighted by atomic mass is 10.00. The molecule has 2 atom stereocenters. The van der Waals surface area contributed by atoms with E-state index in [2.05, 4.69) is 20.0 Å². The van der Waals surface area contributed by atoms with Crippen LogP contribution in [0.3, 0.4) is 0 Å². The number of anilines is 1. The van der Waals surface area contributed by atoms with Crippen LogP contribution in [-0.4, -0.2) is 86.5 Å². The van der Waals surface area contributed by atoms with E-state index in [-0.39, 0.29) is 23.8 Å². The number of aromatic nitrogens is 4. The smallest absolute Gasteiger partial charge is 0.254 e. The van der Waals surface area contributed by atoms with E-state index in [1.807, 2.05) is 17.9 Å². The maximum absolute atomic E-state index is 13.1. The largest absolute Gasteiger partial charge is 0.353 e. The van der Waals surface area contributed by atoms with Crippen LogP contribution in [0.5, 0.6) is 0 Å². The van der Waals surface area contributed by atoms with Gasteiger partial charge in [0.15, 0.2) is 0 Å². The van der Waals surface area contributed by atoms with Gasteiger partial charge in [0.25, 0.3) is 5.78 Å². The van der Waals surface area contributed by atoms with Crippen LogP contribution in [-0.2, 0) is 9.59 Å². The summed E-state index contributed by atoms with van der Waals surface area (Å²) in [5, 5.41) is 4.28. The third kappa shape index (κ3) is 4.02. The van der Waals surface area contributed by atoms with E-state index in [0.29, 0.717) is 45.0 Å². The second-order valence-electron chi connectivity index (χ2n) is 8.00. The summed E-state index contributed by atoms with van der Waals surface area (Å²) < 4.78 is 1.74. The highest BCUT2D eigenvalue weighted by molar-refractivity contribution is 5.81. The first-order valence-corrected chi connectivity index (χ1v) is 10.1.